The third kappa shape index (κ3) is 4.30. The average molecular weight is 422 g/mol. The molecule has 2 aromatic heterocycles. The SMILES string of the molecule is Clc1ccc(C(Cn2ccnc2)OCc2cc3cc(Cl)ccc3o2)c(Cl)c1. The van der Waals surface area contributed by atoms with Crippen LogP contribution in [0.5, 0.6) is 0 Å². The van der Waals surface area contributed by atoms with Crippen molar-refractivity contribution in [3.8, 4) is 0 Å². The first-order valence-corrected chi connectivity index (χ1v) is 9.42. The van der Waals surface area contributed by atoms with Crippen LogP contribution in [-0.4, -0.2) is 9.55 Å². The van der Waals surface area contributed by atoms with Crippen molar-refractivity contribution in [3.05, 3.63) is 87.6 Å². The van der Waals surface area contributed by atoms with Crippen molar-refractivity contribution >= 4 is 45.8 Å². The van der Waals surface area contributed by atoms with Gasteiger partial charge in [0.25, 0.3) is 0 Å². The Labute approximate surface area is 171 Å². The van der Waals surface area contributed by atoms with Crippen LogP contribution >= 0.6 is 34.8 Å². The van der Waals surface area contributed by atoms with Crippen LogP contribution in [0.25, 0.3) is 11.0 Å². The van der Waals surface area contributed by atoms with Crippen LogP contribution in [0.15, 0.2) is 65.6 Å². The second-order valence-electron chi connectivity index (χ2n) is 6.12. The highest BCUT2D eigenvalue weighted by Crippen LogP contribution is 2.31. The molecule has 0 N–H and O–H groups in total. The second-order valence-corrected chi connectivity index (χ2v) is 7.40. The lowest BCUT2D eigenvalue weighted by atomic mass is 10.1. The number of rotatable bonds is 6. The molecular weight excluding hydrogens is 407 g/mol. The van der Waals surface area contributed by atoms with Crippen molar-refractivity contribution in [2.24, 2.45) is 0 Å². The molecule has 2 aromatic carbocycles. The number of imidazole rings is 1. The van der Waals surface area contributed by atoms with E-state index in [9.17, 15) is 0 Å². The zero-order valence-electron chi connectivity index (χ0n) is 14.1. The predicted octanol–water partition coefficient (Wildman–Crippen LogP) is 6.55. The maximum Gasteiger partial charge on any atom is 0.134 e. The zero-order chi connectivity index (χ0) is 18.8. The number of halogens is 3. The Hall–Kier alpha value is -1.98. The lowest BCUT2D eigenvalue weighted by Crippen LogP contribution is -2.12. The molecule has 4 rings (SSSR count). The number of hydrogen-bond acceptors (Lipinski definition) is 3. The molecule has 4 aromatic rings. The Morgan fingerprint density at radius 2 is 1.85 bits per heavy atom. The smallest absolute Gasteiger partial charge is 0.134 e. The normalized spacial score (nSPS) is 12.6. The Balaban J connectivity index is 1.57. The Morgan fingerprint density at radius 1 is 1.04 bits per heavy atom. The summed E-state index contributed by atoms with van der Waals surface area (Å²) in [4.78, 5) is 4.08. The fraction of sp³-hybridized carbons (Fsp3) is 0.150. The maximum atomic E-state index is 6.40. The van der Waals surface area contributed by atoms with Crippen molar-refractivity contribution in [1.82, 2.24) is 9.55 Å². The molecule has 0 aliphatic rings. The molecular formula is C20H15Cl3N2O2. The highest BCUT2D eigenvalue weighted by molar-refractivity contribution is 6.35. The van der Waals surface area contributed by atoms with Crippen molar-refractivity contribution < 1.29 is 9.15 Å². The molecule has 0 amide bonds. The Morgan fingerprint density at radius 3 is 2.63 bits per heavy atom. The zero-order valence-corrected chi connectivity index (χ0v) is 16.4. The lowest BCUT2D eigenvalue weighted by molar-refractivity contribution is 0.0196. The van der Waals surface area contributed by atoms with Gasteiger partial charge in [-0.1, -0.05) is 40.9 Å². The highest BCUT2D eigenvalue weighted by atomic mass is 35.5. The van der Waals surface area contributed by atoms with Gasteiger partial charge in [-0.15, -0.1) is 0 Å². The van der Waals surface area contributed by atoms with Gasteiger partial charge in [-0.3, -0.25) is 0 Å². The molecule has 0 radical (unpaired) electrons. The van der Waals surface area contributed by atoms with E-state index >= 15 is 0 Å². The molecule has 4 nitrogen and oxygen atoms in total. The monoisotopic (exact) mass is 420 g/mol. The van der Waals surface area contributed by atoms with Crippen molar-refractivity contribution in [2.45, 2.75) is 19.3 Å². The second kappa shape index (κ2) is 7.95. The van der Waals surface area contributed by atoms with E-state index in [0.29, 0.717) is 34.0 Å². The number of aromatic nitrogens is 2. The van der Waals surface area contributed by atoms with Gasteiger partial charge in [-0.25, -0.2) is 4.98 Å². The number of hydrogen-bond donors (Lipinski definition) is 0. The van der Waals surface area contributed by atoms with Gasteiger partial charge >= 0.3 is 0 Å². The molecule has 0 saturated carbocycles. The summed E-state index contributed by atoms with van der Waals surface area (Å²) in [5, 5.41) is 2.75. The van der Waals surface area contributed by atoms with Crippen LogP contribution in [0.4, 0.5) is 0 Å². The van der Waals surface area contributed by atoms with E-state index in [4.69, 9.17) is 44.0 Å². The molecule has 138 valence electrons. The number of ether oxygens (including phenoxy) is 1. The molecule has 1 unspecified atom stereocenters. The summed E-state index contributed by atoms with van der Waals surface area (Å²) in [6, 6.07) is 12.8. The van der Waals surface area contributed by atoms with Crippen molar-refractivity contribution in [3.63, 3.8) is 0 Å². The first-order chi connectivity index (χ1) is 13.1. The van der Waals surface area contributed by atoms with Gasteiger partial charge in [0.2, 0.25) is 0 Å². The Bertz CT molecular complexity index is 1060. The number of benzene rings is 2. The number of nitrogens with zero attached hydrogens (tertiary/aromatic N) is 2. The first kappa shape index (κ1) is 18.4. The molecule has 0 spiro atoms. The van der Waals surface area contributed by atoms with E-state index in [0.717, 1.165) is 16.5 Å². The van der Waals surface area contributed by atoms with Gasteiger partial charge in [-0.05, 0) is 36.4 Å². The molecule has 0 bridgehead atoms. The van der Waals surface area contributed by atoms with E-state index in [1.54, 1.807) is 30.7 Å². The summed E-state index contributed by atoms with van der Waals surface area (Å²) in [7, 11) is 0. The predicted molar refractivity (Wildman–Crippen MR) is 107 cm³/mol. The molecule has 0 aliphatic carbocycles. The third-order valence-corrected chi connectivity index (χ3v) is 5.00. The van der Waals surface area contributed by atoms with Gasteiger partial charge in [0.15, 0.2) is 0 Å². The molecule has 7 heteroatoms. The van der Waals surface area contributed by atoms with Crippen LogP contribution < -0.4 is 0 Å². The average Bonchev–Trinajstić information content (AvgIpc) is 3.27. The molecule has 0 saturated heterocycles. The highest BCUT2D eigenvalue weighted by Gasteiger charge is 2.18. The molecule has 27 heavy (non-hydrogen) atoms. The quantitative estimate of drug-likeness (QED) is 0.354. The molecule has 2 heterocycles. The summed E-state index contributed by atoms with van der Waals surface area (Å²) in [6.45, 7) is 0.859. The molecule has 0 aliphatic heterocycles. The number of furan rings is 1. The summed E-state index contributed by atoms with van der Waals surface area (Å²) in [6.07, 6.45) is 5.05. The summed E-state index contributed by atoms with van der Waals surface area (Å²) < 4.78 is 13.9. The Kier molecular flexibility index (Phi) is 5.41. The van der Waals surface area contributed by atoms with Crippen LogP contribution in [0, 0.1) is 0 Å². The van der Waals surface area contributed by atoms with E-state index < -0.39 is 0 Å². The fourth-order valence-electron chi connectivity index (χ4n) is 2.91. The van der Waals surface area contributed by atoms with Gasteiger partial charge in [0, 0.05) is 38.4 Å². The van der Waals surface area contributed by atoms with Crippen molar-refractivity contribution in [1.29, 1.82) is 0 Å². The van der Waals surface area contributed by atoms with Crippen molar-refractivity contribution in [2.75, 3.05) is 0 Å². The van der Waals surface area contributed by atoms with Crippen LogP contribution in [0.1, 0.15) is 17.4 Å². The van der Waals surface area contributed by atoms with E-state index in [-0.39, 0.29) is 6.10 Å². The minimum absolute atomic E-state index is 0.291. The molecule has 0 fully saturated rings. The standard InChI is InChI=1S/C20H15Cl3N2O2/c21-14-2-4-19-13(7-14)8-16(27-19)11-26-20(10-25-6-5-24-12-25)17-3-1-15(22)9-18(17)23/h1-9,12,20H,10-11H2. The van der Waals surface area contributed by atoms with Gasteiger partial charge in [-0.2, -0.15) is 0 Å². The molecule has 1 atom stereocenters. The maximum absolute atomic E-state index is 6.40. The third-order valence-electron chi connectivity index (χ3n) is 4.20. The topological polar surface area (TPSA) is 40.2 Å². The minimum Gasteiger partial charge on any atom is -0.459 e. The van der Waals surface area contributed by atoms with Gasteiger partial charge in [0.05, 0.1) is 12.9 Å². The van der Waals surface area contributed by atoms with E-state index in [1.807, 2.05) is 35.0 Å². The first-order valence-electron chi connectivity index (χ1n) is 8.29. The largest absolute Gasteiger partial charge is 0.459 e. The number of fused-ring (bicyclic) bond motifs is 1. The van der Waals surface area contributed by atoms with Crippen LogP contribution in [-0.2, 0) is 17.9 Å². The lowest BCUT2D eigenvalue weighted by Gasteiger charge is -2.19. The fourth-order valence-corrected chi connectivity index (χ4v) is 3.62. The summed E-state index contributed by atoms with van der Waals surface area (Å²) in [5.74, 6) is 0.716. The van der Waals surface area contributed by atoms with Crippen LogP contribution in [0.2, 0.25) is 15.1 Å². The summed E-state index contributed by atoms with van der Waals surface area (Å²) in [5.41, 5.74) is 1.63. The summed E-state index contributed by atoms with van der Waals surface area (Å²) >= 11 is 18.5. The van der Waals surface area contributed by atoms with Gasteiger partial charge < -0.3 is 13.7 Å². The minimum atomic E-state index is -0.291. The van der Waals surface area contributed by atoms with E-state index in [2.05, 4.69) is 4.98 Å². The van der Waals surface area contributed by atoms with Crippen LogP contribution in [0.3, 0.4) is 0 Å². The van der Waals surface area contributed by atoms with E-state index in [1.165, 1.54) is 0 Å². The van der Waals surface area contributed by atoms with Gasteiger partial charge in [0.1, 0.15) is 24.1 Å².